The Balaban J connectivity index is 2.58. The van der Waals surface area contributed by atoms with Gasteiger partial charge in [-0.15, -0.1) is 0 Å². The maximum atomic E-state index is 12.1. The molecule has 0 saturated carbocycles. The van der Waals surface area contributed by atoms with Crippen LogP contribution in [-0.4, -0.2) is 28.8 Å². The quantitative estimate of drug-likeness (QED) is 0.788. The Morgan fingerprint density at radius 3 is 2.59 bits per heavy atom. The molecule has 4 nitrogen and oxygen atoms in total. The normalized spacial score (nSPS) is 13.7. The molecule has 0 aliphatic carbocycles. The number of aromatic nitrogens is 2. The van der Waals surface area contributed by atoms with Gasteiger partial charge in [-0.05, 0) is 17.9 Å². The predicted molar refractivity (Wildman–Crippen MR) is 66.8 cm³/mol. The van der Waals surface area contributed by atoms with E-state index < -0.39 is 0 Å². The molecule has 1 aromatic rings. The molecule has 0 aliphatic heterocycles. The van der Waals surface area contributed by atoms with Gasteiger partial charge >= 0.3 is 0 Å². The zero-order valence-corrected chi connectivity index (χ0v) is 11.4. The van der Waals surface area contributed by atoms with Crippen LogP contribution in [0, 0.1) is 5.41 Å². The Morgan fingerprint density at radius 2 is 2.18 bits per heavy atom. The molecule has 0 N–H and O–H groups in total. The monoisotopic (exact) mass is 238 g/mol. The summed E-state index contributed by atoms with van der Waals surface area (Å²) in [7, 11) is 3.48. The predicted octanol–water partition coefficient (Wildman–Crippen LogP) is 1.98. The number of carbonyl (C=O) groups is 1. The maximum Gasteiger partial charge on any atom is 0.162 e. The topological polar surface area (TPSA) is 44.1 Å². The lowest BCUT2D eigenvalue weighted by Crippen LogP contribution is -2.36. The molecule has 0 aliphatic rings. The fraction of sp³-hybridized carbons (Fsp3) is 0.692. The molecule has 0 spiro atoms. The number of ether oxygens (including phenoxy) is 1. The summed E-state index contributed by atoms with van der Waals surface area (Å²) in [6.45, 7) is 6.05. The molecule has 1 rings (SSSR count). The van der Waals surface area contributed by atoms with Gasteiger partial charge in [0.05, 0.1) is 0 Å². The van der Waals surface area contributed by atoms with Gasteiger partial charge in [0, 0.05) is 32.5 Å². The highest BCUT2D eigenvalue weighted by Gasteiger charge is 2.30. The molecule has 4 heteroatoms. The molecular weight excluding hydrogens is 216 g/mol. The third kappa shape index (κ3) is 3.66. The molecule has 17 heavy (non-hydrogen) atoms. The van der Waals surface area contributed by atoms with E-state index in [1.165, 1.54) is 0 Å². The number of rotatable bonds is 5. The van der Waals surface area contributed by atoms with Crippen molar-refractivity contribution < 1.29 is 9.53 Å². The van der Waals surface area contributed by atoms with Crippen LogP contribution in [0.4, 0.5) is 0 Å². The molecule has 1 heterocycles. The molecule has 0 bridgehead atoms. The van der Waals surface area contributed by atoms with Gasteiger partial charge in [0.2, 0.25) is 0 Å². The third-order valence-corrected chi connectivity index (χ3v) is 2.86. The minimum absolute atomic E-state index is 0.154. The van der Waals surface area contributed by atoms with Crippen molar-refractivity contribution >= 4 is 5.78 Å². The fourth-order valence-electron chi connectivity index (χ4n) is 2.00. The first kappa shape index (κ1) is 13.9. The summed E-state index contributed by atoms with van der Waals surface area (Å²) in [6.07, 6.45) is 2.62. The molecule has 0 fully saturated rings. The SMILES string of the molecule is COC(C(=O)CCc1ccnn1C)C(C)(C)C. The number of Topliss-reactive ketones (excluding diaryl/α,β-unsaturated/α-hetero) is 1. The molecule has 1 unspecified atom stereocenters. The molecule has 1 aromatic heterocycles. The molecular formula is C13H22N2O2. The van der Waals surface area contributed by atoms with E-state index in [4.69, 9.17) is 4.74 Å². The lowest BCUT2D eigenvalue weighted by Gasteiger charge is -2.28. The summed E-state index contributed by atoms with van der Waals surface area (Å²) in [5.74, 6) is 0.154. The molecule has 0 saturated heterocycles. The van der Waals surface area contributed by atoms with E-state index in [0.29, 0.717) is 12.8 Å². The molecule has 96 valence electrons. The lowest BCUT2D eigenvalue weighted by atomic mass is 9.85. The highest BCUT2D eigenvalue weighted by Crippen LogP contribution is 2.23. The van der Waals surface area contributed by atoms with E-state index in [2.05, 4.69) is 5.10 Å². The highest BCUT2D eigenvalue weighted by atomic mass is 16.5. The zero-order chi connectivity index (χ0) is 13.1. The van der Waals surface area contributed by atoms with Crippen molar-refractivity contribution in [3.63, 3.8) is 0 Å². The number of carbonyl (C=O) groups excluding carboxylic acids is 1. The van der Waals surface area contributed by atoms with Crippen molar-refractivity contribution in [2.24, 2.45) is 12.5 Å². The second-order valence-corrected chi connectivity index (χ2v) is 5.39. The van der Waals surface area contributed by atoms with Crippen molar-refractivity contribution in [2.75, 3.05) is 7.11 Å². The number of aryl methyl sites for hydroxylation is 2. The maximum absolute atomic E-state index is 12.1. The third-order valence-electron chi connectivity index (χ3n) is 2.86. The lowest BCUT2D eigenvalue weighted by molar-refractivity contribution is -0.134. The van der Waals surface area contributed by atoms with Gasteiger partial charge < -0.3 is 4.74 Å². The van der Waals surface area contributed by atoms with Crippen molar-refractivity contribution in [3.8, 4) is 0 Å². The summed E-state index contributed by atoms with van der Waals surface area (Å²) < 4.78 is 7.10. The summed E-state index contributed by atoms with van der Waals surface area (Å²) in [6, 6.07) is 1.94. The zero-order valence-electron chi connectivity index (χ0n) is 11.4. The summed E-state index contributed by atoms with van der Waals surface area (Å²) in [5.41, 5.74) is 0.917. The van der Waals surface area contributed by atoms with Crippen molar-refractivity contribution in [2.45, 2.75) is 39.7 Å². The van der Waals surface area contributed by atoms with Crippen LogP contribution in [-0.2, 0) is 23.0 Å². The van der Waals surface area contributed by atoms with Gasteiger partial charge in [0.25, 0.3) is 0 Å². The van der Waals surface area contributed by atoms with Crippen LogP contribution in [0.2, 0.25) is 0 Å². The summed E-state index contributed by atoms with van der Waals surface area (Å²) in [4.78, 5) is 12.1. The number of methoxy groups -OCH3 is 1. The first-order valence-electron chi connectivity index (χ1n) is 5.88. The van der Waals surface area contributed by atoms with E-state index in [0.717, 1.165) is 5.69 Å². The molecule has 0 amide bonds. The second-order valence-electron chi connectivity index (χ2n) is 5.39. The number of hydrogen-bond donors (Lipinski definition) is 0. The van der Waals surface area contributed by atoms with Crippen LogP contribution in [0.15, 0.2) is 12.3 Å². The fourth-order valence-corrected chi connectivity index (χ4v) is 2.00. The minimum atomic E-state index is -0.337. The van der Waals surface area contributed by atoms with Crippen molar-refractivity contribution in [1.82, 2.24) is 9.78 Å². The minimum Gasteiger partial charge on any atom is -0.373 e. The van der Waals surface area contributed by atoms with Crippen LogP contribution in [0.5, 0.6) is 0 Å². The summed E-state index contributed by atoms with van der Waals surface area (Å²) >= 11 is 0. The highest BCUT2D eigenvalue weighted by molar-refractivity contribution is 5.84. The number of ketones is 1. The van der Waals surface area contributed by atoms with Crippen molar-refractivity contribution in [3.05, 3.63) is 18.0 Å². The van der Waals surface area contributed by atoms with Crippen LogP contribution in [0.25, 0.3) is 0 Å². The first-order valence-corrected chi connectivity index (χ1v) is 5.88. The average Bonchev–Trinajstić information content (AvgIpc) is 2.60. The number of hydrogen-bond acceptors (Lipinski definition) is 3. The van der Waals surface area contributed by atoms with Crippen molar-refractivity contribution in [1.29, 1.82) is 0 Å². The van der Waals surface area contributed by atoms with E-state index in [1.807, 2.05) is 33.9 Å². The summed E-state index contributed by atoms with van der Waals surface area (Å²) in [5, 5.41) is 4.08. The van der Waals surface area contributed by atoms with Gasteiger partial charge in [0.1, 0.15) is 6.10 Å². The van der Waals surface area contributed by atoms with Gasteiger partial charge in [-0.2, -0.15) is 5.10 Å². The standard InChI is InChI=1S/C13H22N2O2/c1-13(2,3)12(17-5)11(16)7-6-10-8-9-14-15(10)4/h8-9,12H,6-7H2,1-5H3. The van der Waals surface area contributed by atoms with Gasteiger partial charge in [0.15, 0.2) is 5.78 Å². The van der Waals surface area contributed by atoms with Crippen LogP contribution >= 0.6 is 0 Å². The van der Waals surface area contributed by atoms with Gasteiger partial charge in [-0.3, -0.25) is 9.48 Å². The van der Waals surface area contributed by atoms with Crippen LogP contribution in [0.3, 0.4) is 0 Å². The second kappa shape index (κ2) is 5.45. The average molecular weight is 238 g/mol. The van der Waals surface area contributed by atoms with E-state index in [1.54, 1.807) is 18.0 Å². The molecule has 0 radical (unpaired) electrons. The van der Waals surface area contributed by atoms with E-state index in [9.17, 15) is 4.79 Å². The van der Waals surface area contributed by atoms with Crippen LogP contribution in [0.1, 0.15) is 32.9 Å². The van der Waals surface area contributed by atoms with Gasteiger partial charge in [-0.25, -0.2) is 0 Å². The Labute approximate surface area is 103 Å². The largest absolute Gasteiger partial charge is 0.373 e. The van der Waals surface area contributed by atoms with E-state index in [-0.39, 0.29) is 17.3 Å². The Morgan fingerprint density at radius 1 is 1.53 bits per heavy atom. The van der Waals surface area contributed by atoms with E-state index >= 15 is 0 Å². The molecule has 1 atom stereocenters. The molecule has 0 aromatic carbocycles. The smallest absolute Gasteiger partial charge is 0.162 e. The Kier molecular flexibility index (Phi) is 4.46. The Hall–Kier alpha value is -1.16. The first-order chi connectivity index (χ1) is 7.86. The number of nitrogens with zero attached hydrogens (tertiary/aromatic N) is 2. The van der Waals surface area contributed by atoms with Gasteiger partial charge in [-0.1, -0.05) is 20.8 Å². The van der Waals surface area contributed by atoms with Crippen LogP contribution < -0.4 is 0 Å². The Bertz CT molecular complexity index is 377.